The lowest BCUT2D eigenvalue weighted by Crippen LogP contribution is -2.00. The van der Waals surface area contributed by atoms with E-state index in [4.69, 9.17) is 10.00 Å². The van der Waals surface area contributed by atoms with Crippen LogP contribution < -0.4 is 4.74 Å². The first-order valence-electron chi connectivity index (χ1n) is 7.16. The van der Waals surface area contributed by atoms with Crippen molar-refractivity contribution in [1.29, 1.82) is 5.26 Å². The third-order valence-corrected chi connectivity index (χ3v) is 3.67. The number of fused-ring (bicyclic) bond motifs is 1. The van der Waals surface area contributed by atoms with E-state index in [-0.39, 0.29) is 12.2 Å². The van der Waals surface area contributed by atoms with Crippen LogP contribution in [0.4, 0.5) is 0 Å². The van der Waals surface area contributed by atoms with E-state index >= 15 is 0 Å². The molecule has 0 aromatic heterocycles. The normalized spacial score (nSPS) is 12.2. The van der Waals surface area contributed by atoms with Crippen LogP contribution in [-0.4, -0.2) is 5.78 Å². The van der Waals surface area contributed by atoms with E-state index in [1.54, 1.807) is 0 Å². The number of nitriles is 1. The summed E-state index contributed by atoms with van der Waals surface area (Å²) in [5, 5.41) is 8.62. The quantitative estimate of drug-likeness (QED) is 0.843. The highest BCUT2D eigenvalue weighted by Crippen LogP contribution is 2.29. The Balaban J connectivity index is 1.71. The highest BCUT2D eigenvalue weighted by Gasteiger charge is 2.18. The van der Waals surface area contributed by atoms with Crippen LogP contribution in [0.2, 0.25) is 0 Å². The molecule has 3 heteroatoms. The molecule has 0 spiro atoms. The highest BCUT2D eigenvalue weighted by molar-refractivity contribution is 6.02. The van der Waals surface area contributed by atoms with Gasteiger partial charge in [-0.25, -0.2) is 0 Å². The van der Waals surface area contributed by atoms with Crippen LogP contribution in [0.5, 0.6) is 5.75 Å². The number of ether oxygens (including phenoxy) is 1. The Labute approximate surface area is 129 Å². The summed E-state index contributed by atoms with van der Waals surface area (Å²) in [6.45, 7) is 0.517. The van der Waals surface area contributed by atoms with E-state index in [1.807, 2.05) is 60.7 Å². The van der Waals surface area contributed by atoms with E-state index in [9.17, 15) is 4.79 Å². The molecule has 0 bridgehead atoms. The summed E-state index contributed by atoms with van der Waals surface area (Å²) < 4.78 is 5.79. The zero-order chi connectivity index (χ0) is 15.4. The molecule has 22 heavy (non-hydrogen) atoms. The molecule has 2 aromatic rings. The van der Waals surface area contributed by atoms with Crippen LogP contribution in [0.15, 0.2) is 54.1 Å². The van der Waals surface area contributed by atoms with E-state index in [1.165, 1.54) is 0 Å². The number of allylic oxidation sites excluding steroid dienone is 1. The second-order valence-electron chi connectivity index (χ2n) is 5.24. The van der Waals surface area contributed by atoms with Crippen LogP contribution in [0, 0.1) is 11.3 Å². The van der Waals surface area contributed by atoms with Crippen molar-refractivity contribution in [1.82, 2.24) is 0 Å². The molecule has 0 N–H and O–H groups in total. The minimum atomic E-state index is -0.0922. The van der Waals surface area contributed by atoms with Gasteiger partial charge in [0.15, 0.2) is 5.78 Å². The molecule has 0 atom stereocenters. The van der Waals surface area contributed by atoms with Gasteiger partial charge in [0.05, 0.1) is 12.5 Å². The molecular weight excluding hydrogens is 274 g/mol. The monoisotopic (exact) mass is 289 g/mol. The SMILES string of the molecule is N#CCC(=O)C1=Cc2cc(OCc3ccccc3)ccc2C1. The number of nitrogens with zero attached hydrogens (tertiary/aromatic N) is 1. The summed E-state index contributed by atoms with van der Waals surface area (Å²) in [7, 11) is 0. The Morgan fingerprint density at radius 2 is 2.00 bits per heavy atom. The van der Waals surface area contributed by atoms with Gasteiger partial charge in [-0.2, -0.15) is 5.26 Å². The van der Waals surface area contributed by atoms with Crippen LogP contribution in [0.3, 0.4) is 0 Å². The third-order valence-electron chi connectivity index (χ3n) is 3.67. The molecule has 2 aromatic carbocycles. The zero-order valence-electron chi connectivity index (χ0n) is 12.1. The van der Waals surface area contributed by atoms with Crippen LogP contribution in [0.25, 0.3) is 6.08 Å². The summed E-state index contributed by atoms with van der Waals surface area (Å²) in [4.78, 5) is 11.8. The Morgan fingerprint density at radius 3 is 2.77 bits per heavy atom. The maximum absolute atomic E-state index is 11.8. The van der Waals surface area contributed by atoms with Crippen molar-refractivity contribution in [3.8, 4) is 11.8 Å². The predicted molar refractivity (Wildman–Crippen MR) is 84.1 cm³/mol. The van der Waals surface area contributed by atoms with Crippen LogP contribution >= 0.6 is 0 Å². The topological polar surface area (TPSA) is 50.1 Å². The smallest absolute Gasteiger partial charge is 0.173 e. The van der Waals surface area contributed by atoms with Gasteiger partial charge in [-0.1, -0.05) is 36.4 Å². The number of rotatable bonds is 5. The number of benzene rings is 2. The maximum atomic E-state index is 11.8. The molecule has 0 saturated heterocycles. The summed E-state index contributed by atoms with van der Waals surface area (Å²) in [5.41, 5.74) is 3.93. The lowest BCUT2D eigenvalue weighted by Gasteiger charge is -2.08. The van der Waals surface area contributed by atoms with Gasteiger partial charge in [0.2, 0.25) is 0 Å². The van der Waals surface area contributed by atoms with Crippen molar-refractivity contribution in [2.24, 2.45) is 0 Å². The number of ketones is 1. The van der Waals surface area contributed by atoms with Crippen molar-refractivity contribution in [2.75, 3.05) is 0 Å². The molecule has 0 fully saturated rings. The van der Waals surface area contributed by atoms with E-state index in [0.29, 0.717) is 18.6 Å². The van der Waals surface area contributed by atoms with Crippen molar-refractivity contribution >= 4 is 11.9 Å². The molecule has 0 radical (unpaired) electrons. The van der Waals surface area contributed by atoms with Gasteiger partial charge in [-0.05, 0) is 34.9 Å². The molecule has 3 nitrogen and oxygen atoms in total. The first kappa shape index (κ1) is 14.1. The molecule has 0 unspecified atom stereocenters. The molecular formula is C19H15NO2. The lowest BCUT2D eigenvalue weighted by atomic mass is 10.1. The van der Waals surface area contributed by atoms with Crippen molar-refractivity contribution in [3.05, 3.63) is 70.8 Å². The molecule has 108 valence electrons. The Kier molecular flexibility index (Phi) is 4.02. The number of carbonyl (C=O) groups excluding carboxylic acids is 1. The molecule has 1 aliphatic carbocycles. The fraction of sp³-hybridized carbons (Fsp3) is 0.158. The van der Waals surface area contributed by atoms with Gasteiger partial charge in [0.1, 0.15) is 12.4 Å². The van der Waals surface area contributed by atoms with Gasteiger partial charge in [0, 0.05) is 12.0 Å². The summed E-state index contributed by atoms with van der Waals surface area (Å²) >= 11 is 0. The van der Waals surface area contributed by atoms with Gasteiger partial charge in [-0.3, -0.25) is 4.79 Å². The number of hydrogen-bond donors (Lipinski definition) is 0. The second kappa shape index (κ2) is 6.28. The van der Waals surface area contributed by atoms with Crippen LogP contribution in [0.1, 0.15) is 23.1 Å². The maximum Gasteiger partial charge on any atom is 0.173 e. The van der Waals surface area contributed by atoms with E-state index in [2.05, 4.69) is 0 Å². The van der Waals surface area contributed by atoms with E-state index in [0.717, 1.165) is 22.4 Å². The summed E-state index contributed by atoms with van der Waals surface area (Å²) in [6, 6.07) is 17.7. The number of carbonyl (C=O) groups is 1. The fourth-order valence-electron chi connectivity index (χ4n) is 2.51. The molecule has 0 aliphatic heterocycles. The summed E-state index contributed by atoms with van der Waals surface area (Å²) in [5.74, 6) is 0.693. The average Bonchev–Trinajstić information content (AvgIpc) is 2.97. The molecule has 0 saturated carbocycles. The van der Waals surface area contributed by atoms with Gasteiger partial charge in [0.25, 0.3) is 0 Å². The molecule has 0 amide bonds. The van der Waals surface area contributed by atoms with Gasteiger partial charge >= 0.3 is 0 Å². The van der Waals surface area contributed by atoms with Crippen molar-refractivity contribution in [2.45, 2.75) is 19.4 Å². The number of Topliss-reactive ketones (excluding diaryl/α,β-unsaturated/α-hetero) is 1. The van der Waals surface area contributed by atoms with Gasteiger partial charge in [-0.15, -0.1) is 0 Å². The average molecular weight is 289 g/mol. The van der Waals surface area contributed by atoms with Crippen LogP contribution in [-0.2, 0) is 17.8 Å². The lowest BCUT2D eigenvalue weighted by molar-refractivity contribution is -0.114. The predicted octanol–water partition coefficient (Wildman–Crippen LogP) is 3.69. The third kappa shape index (κ3) is 3.07. The summed E-state index contributed by atoms with van der Waals surface area (Å²) in [6.07, 6.45) is 2.41. The minimum absolute atomic E-state index is 0.0583. The van der Waals surface area contributed by atoms with Crippen molar-refractivity contribution in [3.63, 3.8) is 0 Å². The fourth-order valence-corrected chi connectivity index (χ4v) is 2.51. The van der Waals surface area contributed by atoms with Crippen molar-refractivity contribution < 1.29 is 9.53 Å². The Bertz CT molecular complexity index is 770. The zero-order valence-corrected chi connectivity index (χ0v) is 12.1. The Morgan fingerprint density at radius 1 is 1.18 bits per heavy atom. The number of hydrogen-bond acceptors (Lipinski definition) is 3. The largest absolute Gasteiger partial charge is 0.489 e. The first-order chi connectivity index (χ1) is 10.8. The highest BCUT2D eigenvalue weighted by atomic mass is 16.5. The molecule has 1 aliphatic rings. The minimum Gasteiger partial charge on any atom is -0.489 e. The molecule has 0 heterocycles. The second-order valence-corrected chi connectivity index (χ2v) is 5.24. The Hall–Kier alpha value is -2.86. The first-order valence-corrected chi connectivity index (χ1v) is 7.16. The van der Waals surface area contributed by atoms with E-state index < -0.39 is 0 Å². The molecule has 3 rings (SSSR count). The standard InChI is InChI=1S/C19H15NO2/c20-9-8-19(21)17-10-15-6-7-18(12-16(15)11-17)22-13-14-4-2-1-3-5-14/h1-7,11-12H,8,10,13H2. The van der Waals surface area contributed by atoms with Gasteiger partial charge < -0.3 is 4.74 Å².